The Labute approximate surface area is 162 Å². The van der Waals surface area contributed by atoms with E-state index in [4.69, 9.17) is 9.84 Å². The number of carboxylic acid groups (broad SMARTS) is 1. The summed E-state index contributed by atoms with van der Waals surface area (Å²) in [6, 6.07) is -1.33. The van der Waals surface area contributed by atoms with Crippen LogP contribution in [-0.4, -0.2) is 52.7 Å². The number of carbonyl (C=O) groups is 3. The molecule has 0 bridgehead atoms. The zero-order valence-electron chi connectivity index (χ0n) is 17.8. The van der Waals surface area contributed by atoms with E-state index >= 15 is 0 Å². The Morgan fingerprint density at radius 1 is 1.19 bits per heavy atom. The summed E-state index contributed by atoms with van der Waals surface area (Å²) in [7, 11) is 1.58. The Bertz CT molecular complexity index is 596. The van der Waals surface area contributed by atoms with E-state index in [2.05, 4.69) is 11.9 Å². The number of aliphatic carboxylic acids is 1. The average Bonchev–Trinajstić information content (AvgIpc) is 2.47. The fraction of sp³-hybridized carbons (Fsp3) is 0.650. The van der Waals surface area contributed by atoms with Crippen LogP contribution in [0.2, 0.25) is 0 Å². The Balaban J connectivity index is 5.63. The van der Waals surface area contributed by atoms with Crippen LogP contribution in [0.3, 0.4) is 0 Å². The van der Waals surface area contributed by atoms with Gasteiger partial charge in [0.1, 0.15) is 11.6 Å². The number of amides is 2. The van der Waals surface area contributed by atoms with Crippen LogP contribution in [0.1, 0.15) is 54.9 Å². The molecule has 0 aliphatic rings. The van der Waals surface area contributed by atoms with Crippen molar-refractivity contribution in [3.05, 3.63) is 24.3 Å². The van der Waals surface area contributed by atoms with Gasteiger partial charge in [-0.3, -0.25) is 4.79 Å². The molecular weight excluding hydrogens is 348 g/mol. The van der Waals surface area contributed by atoms with Crippen LogP contribution >= 0.6 is 0 Å². The lowest BCUT2D eigenvalue weighted by Crippen LogP contribution is -2.56. The van der Waals surface area contributed by atoms with E-state index in [1.807, 2.05) is 20.8 Å². The Morgan fingerprint density at radius 2 is 1.70 bits per heavy atom. The van der Waals surface area contributed by atoms with E-state index in [0.29, 0.717) is 6.42 Å². The van der Waals surface area contributed by atoms with Gasteiger partial charge in [0.25, 0.3) is 0 Å². The van der Waals surface area contributed by atoms with Gasteiger partial charge >= 0.3 is 12.1 Å². The van der Waals surface area contributed by atoms with Crippen LogP contribution in [0.25, 0.3) is 0 Å². The van der Waals surface area contributed by atoms with E-state index < -0.39 is 35.2 Å². The first-order chi connectivity index (χ1) is 12.1. The molecular formula is C20H34N2O5. The molecule has 0 aliphatic heterocycles. The van der Waals surface area contributed by atoms with Gasteiger partial charge < -0.3 is 20.1 Å². The predicted octanol–water partition coefficient (Wildman–Crippen LogP) is 3.36. The normalized spacial score (nSPS) is 14.7. The fourth-order valence-electron chi connectivity index (χ4n) is 2.31. The monoisotopic (exact) mass is 382 g/mol. The zero-order valence-corrected chi connectivity index (χ0v) is 17.8. The van der Waals surface area contributed by atoms with Crippen LogP contribution in [0.15, 0.2) is 24.3 Å². The van der Waals surface area contributed by atoms with E-state index in [-0.39, 0.29) is 11.5 Å². The number of rotatable bonds is 7. The molecule has 0 aliphatic carbocycles. The Hall–Kier alpha value is -2.31. The SMILES string of the molecule is C=CCC(/C=C(\C)C(=O)O)N(C)C(=O)[C@@H](NC(=O)OC(C)(C)C)C(C)(C)C. The third-order valence-corrected chi connectivity index (χ3v) is 3.81. The van der Waals surface area contributed by atoms with Crippen LogP contribution in [0.4, 0.5) is 4.79 Å². The molecule has 0 rings (SSSR count). The molecule has 27 heavy (non-hydrogen) atoms. The Kier molecular flexibility index (Phi) is 8.76. The topological polar surface area (TPSA) is 95.9 Å². The lowest BCUT2D eigenvalue weighted by molar-refractivity contribution is -0.136. The summed E-state index contributed by atoms with van der Waals surface area (Å²) in [4.78, 5) is 37.9. The molecule has 2 atom stereocenters. The lowest BCUT2D eigenvalue weighted by Gasteiger charge is -2.36. The summed E-state index contributed by atoms with van der Waals surface area (Å²) in [5, 5.41) is 11.8. The van der Waals surface area contributed by atoms with Crippen LogP contribution < -0.4 is 5.32 Å². The van der Waals surface area contributed by atoms with Crippen molar-refractivity contribution in [1.82, 2.24) is 10.2 Å². The van der Waals surface area contributed by atoms with Crippen molar-refractivity contribution in [2.24, 2.45) is 5.41 Å². The first-order valence-corrected chi connectivity index (χ1v) is 8.89. The maximum atomic E-state index is 13.1. The number of carbonyl (C=O) groups excluding carboxylic acids is 2. The highest BCUT2D eigenvalue weighted by molar-refractivity contribution is 5.88. The van der Waals surface area contributed by atoms with Gasteiger partial charge in [-0.2, -0.15) is 0 Å². The van der Waals surface area contributed by atoms with Gasteiger partial charge in [-0.25, -0.2) is 9.59 Å². The summed E-state index contributed by atoms with van der Waals surface area (Å²) in [5.41, 5.74) is -1.13. The van der Waals surface area contributed by atoms with Crippen molar-refractivity contribution in [3.63, 3.8) is 0 Å². The minimum absolute atomic E-state index is 0.133. The quantitative estimate of drug-likeness (QED) is 0.520. The number of hydrogen-bond acceptors (Lipinski definition) is 4. The second-order valence-electron chi connectivity index (χ2n) is 8.64. The van der Waals surface area contributed by atoms with Crippen molar-refractivity contribution in [2.45, 2.75) is 72.6 Å². The maximum absolute atomic E-state index is 13.1. The van der Waals surface area contributed by atoms with Gasteiger partial charge in [-0.1, -0.05) is 32.9 Å². The number of nitrogens with one attached hydrogen (secondary N) is 1. The second kappa shape index (κ2) is 9.58. The van der Waals surface area contributed by atoms with Gasteiger partial charge in [-0.15, -0.1) is 6.58 Å². The van der Waals surface area contributed by atoms with Gasteiger partial charge in [-0.05, 0) is 39.5 Å². The highest BCUT2D eigenvalue weighted by atomic mass is 16.6. The molecule has 7 heteroatoms. The van der Waals surface area contributed by atoms with E-state index in [9.17, 15) is 14.4 Å². The minimum atomic E-state index is -1.05. The smallest absolute Gasteiger partial charge is 0.408 e. The van der Waals surface area contributed by atoms with E-state index in [1.54, 1.807) is 33.9 Å². The maximum Gasteiger partial charge on any atom is 0.408 e. The van der Waals surface area contributed by atoms with E-state index in [1.165, 1.54) is 17.9 Å². The van der Waals surface area contributed by atoms with Gasteiger partial charge in [0.15, 0.2) is 0 Å². The summed E-state index contributed by atoms with van der Waals surface area (Å²) >= 11 is 0. The molecule has 0 saturated carbocycles. The number of ether oxygens (including phenoxy) is 1. The molecule has 0 aromatic heterocycles. The molecule has 2 N–H and O–H groups in total. The molecule has 0 fully saturated rings. The average molecular weight is 383 g/mol. The van der Waals surface area contributed by atoms with Crippen molar-refractivity contribution in [2.75, 3.05) is 7.05 Å². The van der Waals surface area contributed by atoms with Crippen molar-refractivity contribution in [1.29, 1.82) is 0 Å². The number of carboxylic acids is 1. The van der Waals surface area contributed by atoms with Crippen molar-refractivity contribution >= 4 is 18.0 Å². The molecule has 0 aromatic carbocycles. The Morgan fingerprint density at radius 3 is 2.07 bits per heavy atom. The second-order valence-corrected chi connectivity index (χ2v) is 8.64. The summed E-state index contributed by atoms with van der Waals surface area (Å²) in [6.07, 6.45) is 2.83. The fourth-order valence-corrected chi connectivity index (χ4v) is 2.31. The first-order valence-electron chi connectivity index (χ1n) is 8.89. The third-order valence-electron chi connectivity index (χ3n) is 3.81. The molecule has 1 unspecified atom stereocenters. The molecule has 0 spiro atoms. The highest BCUT2D eigenvalue weighted by Crippen LogP contribution is 2.23. The first kappa shape index (κ1) is 24.7. The summed E-state index contributed by atoms with van der Waals surface area (Å²) in [5.74, 6) is -1.39. The van der Waals surface area contributed by atoms with Crippen molar-refractivity contribution in [3.8, 4) is 0 Å². The number of nitrogens with zero attached hydrogens (tertiary/aromatic N) is 1. The van der Waals surface area contributed by atoms with Crippen LogP contribution in [0, 0.1) is 5.41 Å². The molecule has 154 valence electrons. The summed E-state index contributed by atoms with van der Waals surface area (Å²) in [6.45, 7) is 15.9. The standard InChI is InChI=1S/C20H34N2O5/c1-10-11-14(12-13(2)17(24)25)22(9)16(23)15(19(3,4)5)21-18(26)27-20(6,7)8/h10,12,14-15H,1,11H2,2-9H3,(H,21,26)(H,24,25)/b13-12+/t14?,15-/m1/s1. The minimum Gasteiger partial charge on any atom is -0.478 e. The summed E-state index contributed by atoms with van der Waals surface area (Å²) < 4.78 is 5.27. The van der Waals surface area contributed by atoms with Gasteiger partial charge in [0.2, 0.25) is 5.91 Å². The number of likely N-dealkylation sites (N-methyl/N-ethyl adjacent to an activating group) is 1. The molecule has 0 saturated heterocycles. The number of alkyl carbamates (subject to hydrolysis) is 1. The largest absolute Gasteiger partial charge is 0.478 e. The molecule has 0 heterocycles. The van der Waals surface area contributed by atoms with Gasteiger partial charge in [0.05, 0.1) is 6.04 Å². The molecule has 7 nitrogen and oxygen atoms in total. The number of hydrogen-bond donors (Lipinski definition) is 2. The molecule has 0 aromatic rings. The highest BCUT2D eigenvalue weighted by Gasteiger charge is 2.37. The van der Waals surface area contributed by atoms with Gasteiger partial charge in [0, 0.05) is 12.6 Å². The van der Waals surface area contributed by atoms with Crippen LogP contribution in [-0.2, 0) is 14.3 Å². The predicted molar refractivity (Wildman–Crippen MR) is 105 cm³/mol. The molecule has 0 radical (unpaired) electrons. The lowest BCUT2D eigenvalue weighted by atomic mass is 9.85. The van der Waals surface area contributed by atoms with Crippen LogP contribution in [0.5, 0.6) is 0 Å². The molecule has 2 amide bonds. The zero-order chi connectivity index (χ0) is 21.6. The van der Waals surface area contributed by atoms with E-state index in [0.717, 1.165) is 0 Å². The van der Waals surface area contributed by atoms with Crippen molar-refractivity contribution < 1.29 is 24.2 Å². The third kappa shape index (κ3) is 8.75.